The summed E-state index contributed by atoms with van der Waals surface area (Å²) in [5.74, 6) is 7.71. The van der Waals surface area contributed by atoms with Crippen LogP contribution in [0.1, 0.15) is 51.9 Å². The van der Waals surface area contributed by atoms with Crippen molar-refractivity contribution >= 4 is 0 Å². The van der Waals surface area contributed by atoms with E-state index in [0.717, 1.165) is 41.4 Å². The molecular weight excluding hydrogens is 218 g/mol. The fraction of sp³-hybridized carbons (Fsp3) is 1.00. The highest BCUT2D eigenvalue weighted by molar-refractivity contribution is 5.00. The molecule has 1 heteroatoms. The van der Waals surface area contributed by atoms with E-state index in [1.165, 1.54) is 25.9 Å². The van der Waals surface area contributed by atoms with Crippen molar-refractivity contribution in [2.45, 2.75) is 51.9 Å². The highest BCUT2D eigenvalue weighted by atomic mass is 14.9. The van der Waals surface area contributed by atoms with Gasteiger partial charge in [0, 0.05) is 0 Å². The van der Waals surface area contributed by atoms with Crippen LogP contribution < -0.4 is 5.32 Å². The molecule has 5 aliphatic rings. The van der Waals surface area contributed by atoms with Crippen LogP contribution >= 0.6 is 0 Å². The SMILES string of the molecule is CC(C1CCNCC1)C1C2CC3CC(C2)CC1C3. The lowest BCUT2D eigenvalue weighted by Gasteiger charge is -2.57. The summed E-state index contributed by atoms with van der Waals surface area (Å²) in [6.45, 7) is 5.17. The van der Waals surface area contributed by atoms with Crippen LogP contribution in [0.2, 0.25) is 0 Å². The minimum Gasteiger partial charge on any atom is -0.317 e. The van der Waals surface area contributed by atoms with Gasteiger partial charge in [0.05, 0.1) is 0 Å². The second kappa shape index (κ2) is 4.51. The van der Waals surface area contributed by atoms with E-state index in [1.54, 1.807) is 32.1 Å². The molecule has 1 unspecified atom stereocenters. The smallest absolute Gasteiger partial charge is 0.00462 e. The molecule has 0 aromatic rings. The normalized spacial score (nSPS) is 49.5. The van der Waals surface area contributed by atoms with Gasteiger partial charge in [0.25, 0.3) is 0 Å². The number of hydrogen-bond donors (Lipinski definition) is 1. The van der Waals surface area contributed by atoms with Crippen molar-refractivity contribution in [3.8, 4) is 0 Å². The van der Waals surface area contributed by atoms with Gasteiger partial charge in [-0.1, -0.05) is 6.92 Å². The maximum Gasteiger partial charge on any atom is -0.00462 e. The minimum atomic E-state index is 1.02. The van der Waals surface area contributed by atoms with E-state index >= 15 is 0 Å². The quantitative estimate of drug-likeness (QED) is 0.784. The second-order valence-electron chi connectivity index (χ2n) is 7.95. The first-order valence-electron chi connectivity index (χ1n) is 8.52. The molecule has 4 aliphatic carbocycles. The number of nitrogens with one attached hydrogen (secondary N) is 1. The zero-order chi connectivity index (χ0) is 12.1. The standard InChI is InChI=1S/C17H29N/c1-11(14-2-4-18-5-3-14)17-15-7-12-6-13(9-15)10-16(17)8-12/h11-18H,2-10H2,1H3. The molecule has 4 bridgehead atoms. The third kappa shape index (κ3) is 1.85. The van der Waals surface area contributed by atoms with E-state index in [9.17, 15) is 0 Å². The van der Waals surface area contributed by atoms with Crippen LogP contribution in [0.25, 0.3) is 0 Å². The zero-order valence-corrected chi connectivity index (χ0v) is 11.9. The van der Waals surface area contributed by atoms with Gasteiger partial charge in [-0.3, -0.25) is 0 Å². The lowest BCUT2D eigenvalue weighted by atomic mass is 9.48. The summed E-state index contributed by atoms with van der Waals surface area (Å²) in [6, 6.07) is 0. The monoisotopic (exact) mass is 247 g/mol. The Morgan fingerprint density at radius 3 is 1.94 bits per heavy atom. The summed E-state index contributed by atoms with van der Waals surface area (Å²) < 4.78 is 0. The van der Waals surface area contributed by atoms with Crippen LogP contribution in [-0.2, 0) is 0 Å². The van der Waals surface area contributed by atoms with Crippen molar-refractivity contribution in [3.63, 3.8) is 0 Å². The molecule has 0 radical (unpaired) electrons. The molecule has 18 heavy (non-hydrogen) atoms. The Morgan fingerprint density at radius 2 is 1.39 bits per heavy atom. The maximum absolute atomic E-state index is 3.54. The van der Waals surface area contributed by atoms with Gasteiger partial charge in [-0.25, -0.2) is 0 Å². The summed E-state index contributed by atoms with van der Waals surface area (Å²) in [4.78, 5) is 0. The van der Waals surface area contributed by atoms with Gasteiger partial charge in [0.2, 0.25) is 0 Å². The van der Waals surface area contributed by atoms with Crippen LogP contribution in [0.4, 0.5) is 0 Å². The first-order chi connectivity index (χ1) is 8.81. The molecule has 1 saturated heterocycles. The Morgan fingerprint density at radius 1 is 0.833 bits per heavy atom. The molecule has 0 spiro atoms. The molecule has 1 heterocycles. The Labute approximate surface area is 112 Å². The highest BCUT2D eigenvalue weighted by Gasteiger charge is 2.50. The molecule has 4 saturated carbocycles. The molecule has 0 aromatic heterocycles. The average Bonchev–Trinajstić information content (AvgIpc) is 2.38. The van der Waals surface area contributed by atoms with Crippen LogP contribution in [0.5, 0.6) is 0 Å². The van der Waals surface area contributed by atoms with E-state index in [-0.39, 0.29) is 0 Å². The molecule has 102 valence electrons. The van der Waals surface area contributed by atoms with Crippen molar-refractivity contribution in [2.24, 2.45) is 41.4 Å². The van der Waals surface area contributed by atoms with Crippen LogP contribution in [0.15, 0.2) is 0 Å². The molecular formula is C17H29N. The van der Waals surface area contributed by atoms with Gasteiger partial charge in [-0.2, -0.15) is 0 Å². The summed E-state index contributed by atoms with van der Waals surface area (Å²) in [7, 11) is 0. The van der Waals surface area contributed by atoms with Gasteiger partial charge in [0.15, 0.2) is 0 Å². The average molecular weight is 247 g/mol. The van der Waals surface area contributed by atoms with Gasteiger partial charge in [0.1, 0.15) is 0 Å². The van der Waals surface area contributed by atoms with Gasteiger partial charge >= 0.3 is 0 Å². The molecule has 1 N–H and O–H groups in total. The van der Waals surface area contributed by atoms with Crippen molar-refractivity contribution in [2.75, 3.05) is 13.1 Å². The Balaban J connectivity index is 1.50. The first kappa shape index (κ1) is 11.8. The second-order valence-corrected chi connectivity index (χ2v) is 7.95. The third-order valence-corrected chi connectivity index (χ3v) is 7.03. The van der Waals surface area contributed by atoms with Crippen molar-refractivity contribution in [3.05, 3.63) is 0 Å². The largest absolute Gasteiger partial charge is 0.317 e. The van der Waals surface area contributed by atoms with Crippen LogP contribution in [-0.4, -0.2) is 13.1 Å². The van der Waals surface area contributed by atoms with E-state index in [0.29, 0.717) is 0 Å². The Hall–Kier alpha value is -0.0400. The topological polar surface area (TPSA) is 12.0 Å². The molecule has 1 nitrogen and oxygen atoms in total. The zero-order valence-electron chi connectivity index (χ0n) is 11.9. The highest BCUT2D eigenvalue weighted by Crippen LogP contribution is 2.59. The van der Waals surface area contributed by atoms with Crippen molar-refractivity contribution < 1.29 is 0 Å². The molecule has 1 atom stereocenters. The summed E-state index contributed by atoms with van der Waals surface area (Å²) in [6.07, 6.45) is 10.9. The Kier molecular flexibility index (Phi) is 2.94. The summed E-state index contributed by atoms with van der Waals surface area (Å²) in [5, 5.41) is 3.54. The molecule has 0 aromatic carbocycles. The molecule has 1 aliphatic heterocycles. The molecule has 5 rings (SSSR count). The van der Waals surface area contributed by atoms with E-state index in [2.05, 4.69) is 12.2 Å². The summed E-state index contributed by atoms with van der Waals surface area (Å²) in [5.41, 5.74) is 0. The maximum atomic E-state index is 3.54. The lowest BCUT2D eigenvalue weighted by molar-refractivity contribution is -0.0712. The third-order valence-electron chi connectivity index (χ3n) is 7.03. The predicted molar refractivity (Wildman–Crippen MR) is 75.3 cm³/mol. The number of hydrogen-bond acceptors (Lipinski definition) is 1. The summed E-state index contributed by atoms with van der Waals surface area (Å²) >= 11 is 0. The van der Waals surface area contributed by atoms with Gasteiger partial charge < -0.3 is 5.32 Å². The minimum absolute atomic E-state index is 1.02. The Bertz CT molecular complexity index is 277. The van der Waals surface area contributed by atoms with Crippen LogP contribution in [0.3, 0.4) is 0 Å². The predicted octanol–water partition coefficient (Wildman–Crippen LogP) is 3.69. The first-order valence-corrected chi connectivity index (χ1v) is 8.52. The fourth-order valence-corrected chi connectivity index (χ4v) is 6.51. The van der Waals surface area contributed by atoms with Crippen molar-refractivity contribution in [1.82, 2.24) is 5.32 Å². The van der Waals surface area contributed by atoms with Gasteiger partial charge in [-0.05, 0) is 99.5 Å². The van der Waals surface area contributed by atoms with Gasteiger partial charge in [-0.15, -0.1) is 0 Å². The van der Waals surface area contributed by atoms with Crippen LogP contribution in [0, 0.1) is 41.4 Å². The molecule has 5 fully saturated rings. The lowest BCUT2D eigenvalue weighted by Crippen LogP contribution is -2.49. The molecule has 0 amide bonds. The van der Waals surface area contributed by atoms with E-state index in [4.69, 9.17) is 0 Å². The number of rotatable bonds is 2. The number of piperidine rings is 1. The van der Waals surface area contributed by atoms with E-state index < -0.39 is 0 Å². The van der Waals surface area contributed by atoms with E-state index in [1.807, 2.05) is 0 Å². The fourth-order valence-electron chi connectivity index (χ4n) is 6.51. The van der Waals surface area contributed by atoms with Crippen molar-refractivity contribution in [1.29, 1.82) is 0 Å².